The van der Waals surface area contributed by atoms with Gasteiger partial charge in [-0.1, -0.05) is 4.49 Å². The normalized spacial score (nSPS) is 15.8. The Hall–Kier alpha value is -1.76. The van der Waals surface area contributed by atoms with Crippen LogP contribution in [0.4, 0.5) is 0 Å². The molecule has 1 fully saturated rings. The van der Waals surface area contributed by atoms with E-state index < -0.39 is 0 Å². The van der Waals surface area contributed by atoms with Crippen LogP contribution in [0.15, 0.2) is 10.7 Å². The first-order valence-corrected chi connectivity index (χ1v) is 6.97. The van der Waals surface area contributed by atoms with Crippen molar-refractivity contribution in [1.29, 1.82) is 0 Å². The van der Waals surface area contributed by atoms with Crippen LogP contribution in [-0.2, 0) is 4.74 Å². The van der Waals surface area contributed by atoms with Gasteiger partial charge >= 0.3 is 5.97 Å². The van der Waals surface area contributed by atoms with Crippen LogP contribution in [0.1, 0.15) is 41.2 Å². The molecule has 100 valence electrons. The molecule has 2 aromatic rings. The molecule has 6 nitrogen and oxygen atoms in total. The zero-order valence-electron chi connectivity index (χ0n) is 10.5. The highest BCUT2D eigenvalue weighted by molar-refractivity contribution is 7.08. The summed E-state index contributed by atoms with van der Waals surface area (Å²) in [5, 5.41) is 3.94. The van der Waals surface area contributed by atoms with Gasteiger partial charge < -0.3 is 9.15 Å². The number of aryl methyl sites for hydroxylation is 1. The minimum atomic E-state index is -0.363. The summed E-state index contributed by atoms with van der Waals surface area (Å²) < 4.78 is 14.4. The molecule has 3 rings (SSSR count). The van der Waals surface area contributed by atoms with Crippen molar-refractivity contribution in [2.24, 2.45) is 0 Å². The fourth-order valence-corrected chi connectivity index (χ4v) is 2.73. The molecule has 0 unspecified atom stereocenters. The molecule has 0 bridgehead atoms. The summed E-state index contributed by atoms with van der Waals surface area (Å²) in [6.07, 6.45) is 5.62. The van der Waals surface area contributed by atoms with Crippen LogP contribution in [0.2, 0.25) is 0 Å². The van der Waals surface area contributed by atoms with Crippen LogP contribution in [0, 0.1) is 6.92 Å². The molecule has 0 N–H and O–H groups in total. The predicted molar refractivity (Wildman–Crippen MR) is 67.8 cm³/mol. The number of esters is 1. The Morgan fingerprint density at radius 2 is 2.26 bits per heavy atom. The van der Waals surface area contributed by atoms with E-state index in [0.717, 1.165) is 37.2 Å². The second kappa shape index (κ2) is 5.08. The Kier molecular flexibility index (Phi) is 3.29. The lowest BCUT2D eigenvalue weighted by Crippen LogP contribution is -2.14. The standard InChI is InChI=1S/C12H13N3O3S/c1-7-13-9(6-17-7)10-11(19-15-14-10)12(16)18-8-4-2-3-5-8/h6,8H,2-5H2,1H3. The van der Waals surface area contributed by atoms with Crippen molar-refractivity contribution in [3.05, 3.63) is 17.0 Å². The summed E-state index contributed by atoms with van der Waals surface area (Å²) in [5.41, 5.74) is 0.953. The molecular weight excluding hydrogens is 266 g/mol. The first-order chi connectivity index (χ1) is 9.24. The van der Waals surface area contributed by atoms with Crippen molar-refractivity contribution in [1.82, 2.24) is 14.6 Å². The molecule has 1 aliphatic rings. The van der Waals surface area contributed by atoms with Gasteiger partial charge in [0.15, 0.2) is 10.8 Å². The lowest BCUT2D eigenvalue weighted by atomic mass is 10.3. The van der Waals surface area contributed by atoms with E-state index in [9.17, 15) is 4.79 Å². The molecule has 0 saturated heterocycles. The third-order valence-corrected chi connectivity index (χ3v) is 3.82. The Morgan fingerprint density at radius 1 is 1.47 bits per heavy atom. The average Bonchev–Trinajstić information content (AvgIpc) is 3.07. The molecule has 19 heavy (non-hydrogen) atoms. The van der Waals surface area contributed by atoms with Crippen molar-refractivity contribution in [2.45, 2.75) is 38.7 Å². The van der Waals surface area contributed by atoms with Gasteiger partial charge in [-0.05, 0) is 37.2 Å². The minimum Gasteiger partial charge on any atom is -0.458 e. The molecular formula is C12H13N3O3S. The lowest BCUT2D eigenvalue weighted by Gasteiger charge is -2.09. The van der Waals surface area contributed by atoms with Crippen LogP contribution in [-0.4, -0.2) is 26.6 Å². The zero-order valence-corrected chi connectivity index (χ0v) is 11.3. The molecule has 7 heteroatoms. The number of carbonyl (C=O) groups excluding carboxylic acids is 1. The number of oxazole rings is 1. The topological polar surface area (TPSA) is 78.1 Å². The van der Waals surface area contributed by atoms with Gasteiger partial charge in [0.1, 0.15) is 23.8 Å². The molecule has 0 atom stereocenters. The smallest absolute Gasteiger partial charge is 0.352 e. The Morgan fingerprint density at radius 3 is 2.95 bits per heavy atom. The predicted octanol–water partition coefficient (Wildman–Crippen LogP) is 2.60. The number of hydrogen-bond acceptors (Lipinski definition) is 7. The van der Waals surface area contributed by atoms with Gasteiger partial charge in [-0.2, -0.15) is 0 Å². The maximum atomic E-state index is 12.1. The third-order valence-electron chi connectivity index (χ3n) is 3.11. The van der Waals surface area contributed by atoms with Crippen molar-refractivity contribution < 1.29 is 13.9 Å². The van der Waals surface area contributed by atoms with Gasteiger partial charge in [0, 0.05) is 6.92 Å². The maximum Gasteiger partial charge on any atom is 0.352 e. The van der Waals surface area contributed by atoms with Gasteiger partial charge in [0.25, 0.3) is 0 Å². The van der Waals surface area contributed by atoms with Crippen molar-refractivity contribution >= 4 is 17.5 Å². The molecule has 0 radical (unpaired) electrons. The summed E-state index contributed by atoms with van der Waals surface area (Å²) in [4.78, 5) is 16.7. The summed E-state index contributed by atoms with van der Waals surface area (Å²) in [6.45, 7) is 1.74. The maximum absolute atomic E-state index is 12.1. The molecule has 2 heterocycles. The van der Waals surface area contributed by atoms with Crippen molar-refractivity contribution in [3.63, 3.8) is 0 Å². The quantitative estimate of drug-likeness (QED) is 0.804. The zero-order chi connectivity index (χ0) is 13.2. The van der Waals surface area contributed by atoms with E-state index in [1.807, 2.05) is 0 Å². The fraction of sp³-hybridized carbons (Fsp3) is 0.500. The SMILES string of the molecule is Cc1nc(-c2nnsc2C(=O)OC2CCCC2)co1. The van der Waals surface area contributed by atoms with E-state index >= 15 is 0 Å². The lowest BCUT2D eigenvalue weighted by molar-refractivity contribution is 0.0324. The molecule has 0 aromatic carbocycles. The number of rotatable bonds is 3. The highest BCUT2D eigenvalue weighted by atomic mass is 32.1. The first-order valence-electron chi connectivity index (χ1n) is 6.20. The third kappa shape index (κ3) is 2.51. The molecule has 1 aliphatic carbocycles. The molecule has 2 aromatic heterocycles. The molecule has 0 aliphatic heterocycles. The largest absolute Gasteiger partial charge is 0.458 e. The Bertz CT molecular complexity index is 587. The van der Waals surface area contributed by atoms with Gasteiger partial charge in [-0.25, -0.2) is 9.78 Å². The van der Waals surface area contributed by atoms with E-state index in [1.54, 1.807) is 6.92 Å². The van der Waals surface area contributed by atoms with Crippen LogP contribution in [0.3, 0.4) is 0 Å². The average molecular weight is 279 g/mol. The summed E-state index contributed by atoms with van der Waals surface area (Å²) in [7, 11) is 0. The summed E-state index contributed by atoms with van der Waals surface area (Å²) in [6, 6.07) is 0. The van der Waals surface area contributed by atoms with E-state index in [0.29, 0.717) is 22.2 Å². The Labute approximate surface area is 114 Å². The molecule has 1 saturated carbocycles. The van der Waals surface area contributed by atoms with Crippen molar-refractivity contribution in [3.8, 4) is 11.4 Å². The number of nitrogens with zero attached hydrogens (tertiary/aromatic N) is 3. The van der Waals surface area contributed by atoms with Crippen LogP contribution >= 0.6 is 11.5 Å². The van der Waals surface area contributed by atoms with Gasteiger partial charge in [0.05, 0.1) is 0 Å². The number of hydrogen-bond donors (Lipinski definition) is 0. The van der Waals surface area contributed by atoms with E-state index in [2.05, 4.69) is 14.6 Å². The monoisotopic (exact) mass is 279 g/mol. The highest BCUT2D eigenvalue weighted by Gasteiger charge is 2.25. The number of ether oxygens (including phenoxy) is 1. The number of carbonyl (C=O) groups is 1. The van der Waals surface area contributed by atoms with Crippen LogP contribution in [0.25, 0.3) is 11.4 Å². The summed E-state index contributed by atoms with van der Waals surface area (Å²) >= 11 is 1.03. The minimum absolute atomic E-state index is 0.0292. The van der Waals surface area contributed by atoms with Gasteiger partial charge in [-0.15, -0.1) is 5.10 Å². The van der Waals surface area contributed by atoms with E-state index in [-0.39, 0.29) is 12.1 Å². The second-order valence-corrected chi connectivity index (χ2v) is 5.27. The van der Waals surface area contributed by atoms with Crippen LogP contribution in [0.5, 0.6) is 0 Å². The molecule has 0 spiro atoms. The van der Waals surface area contributed by atoms with E-state index in [4.69, 9.17) is 9.15 Å². The summed E-state index contributed by atoms with van der Waals surface area (Å²) in [5.74, 6) is 0.163. The second-order valence-electron chi connectivity index (χ2n) is 4.51. The van der Waals surface area contributed by atoms with Crippen molar-refractivity contribution in [2.75, 3.05) is 0 Å². The van der Waals surface area contributed by atoms with Gasteiger partial charge in [0.2, 0.25) is 0 Å². The van der Waals surface area contributed by atoms with Crippen LogP contribution < -0.4 is 0 Å². The Balaban J connectivity index is 1.81. The number of aromatic nitrogens is 3. The molecule has 0 amide bonds. The fourth-order valence-electron chi connectivity index (χ4n) is 2.18. The van der Waals surface area contributed by atoms with E-state index in [1.165, 1.54) is 6.26 Å². The van der Waals surface area contributed by atoms with Gasteiger partial charge in [-0.3, -0.25) is 0 Å². The highest BCUT2D eigenvalue weighted by Crippen LogP contribution is 2.27. The first kappa shape index (κ1) is 12.3.